The van der Waals surface area contributed by atoms with E-state index < -0.39 is 0 Å². The summed E-state index contributed by atoms with van der Waals surface area (Å²) in [5.74, 6) is 0. The van der Waals surface area contributed by atoms with E-state index in [1.54, 1.807) is 0 Å². The molecule has 1 aromatic rings. The maximum absolute atomic E-state index is 4.39. The fraction of sp³-hybridized carbons (Fsp3) is 0.533. The van der Waals surface area contributed by atoms with Crippen molar-refractivity contribution in [2.45, 2.75) is 52.0 Å². The zero-order chi connectivity index (χ0) is 12.3. The van der Waals surface area contributed by atoms with E-state index >= 15 is 0 Å². The van der Waals surface area contributed by atoms with Crippen LogP contribution < -0.4 is 0 Å². The van der Waals surface area contributed by atoms with Gasteiger partial charge in [0.15, 0.2) is 0 Å². The maximum atomic E-state index is 4.39. The SMILES string of the molecule is CCCCCC(CC)N=C=Nc1ccccc1. The second kappa shape index (κ2) is 8.72. The molecule has 1 unspecified atom stereocenters. The predicted octanol–water partition coefficient (Wildman–Crippen LogP) is 4.85. The van der Waals surface area contributed by atoms with Gasteiger partial charge in [0.25, 0.3) is 0 Å². The van der Waals surface area contributed by atoms with Crippen molar-refractivity contribution in [3.8, 4) is 0 Å². The molecule has 92 valence electrons. The fourth-order valence-corrected chi connectivity index (χ4v) is 1.66. The Bertz CT molecular complexity index is 350. The van der Waals surface area contributed by atoms with Crippen molar-refractivity contribution in [1.82, 2.24) is 0 Å². The molecule has 0 heterocycles. The van der Waals surface area contributed by atoms with Crippen molar-refractivity contribution in [2.24, 2.45) is 9.98 Å². The van der Waals surface area contributed by atoms with Crippen LogP contribution in [-0.4, -0.2) is 12.1 Å². The average molecular weight is 230 g/mol. The summed E-state index contributed by atoms with van der Waals surface area (Å²) in [4.78, 5) is 8.60. The van der Waals surface area contributed by atoms with Gasteiger partial charge in [0.2, 0.25) is 0 Å². The topological polar surface area (TPSA) is 24.7 Å². The van der Waals surface area contributed by atoms with Gasteiger partial charge in [0.1, 0.15) is 0 Å². The van der Waals surface area contributed by atoms with Crippen LogP contribution in [0.2, 0.25) is 0 Å². The molecule has 1 rings (SSSR count). The zero-order valence-corrected chi connectivity index (χ0v) is 10.9. The number of aliphatic imine (C=N–C) groups is 2. The summed E-state index contributed by atoms with van der Waals surface area (Å²) in [5, 5.41) is 0. The molecule has 1 atom stereocenters. The first-order valence-electron chi connectivity index (χ1n) is 6.57. The van der Waals surface area contributed by atoms with Crippen molar-refractivity contribution in [1.29, 1.82) is 0 Å². The van der Waals surface area contributed by atoms with Crippen LogP contribution >= 0.6 is 0 Å². The molecule has 0 bridgehead atoms. The lowest BCUT2D eigenvalue weighted by Crippen LogP contribution is -2.01. The summed E-state index contributed by atoms with van der Waals surface area (Å²) in [5.41, 5.74) is 0.916. The molecule has 0 saturated carbocycles. The third-order valence-electron chi connectivity index (χ3n) is 2.79. The van der Waals surface area contributed by atoms with E-state index in [1.165, 1.54) is 19.3 Å². The first-order chi connectivity index (χ1) is 8.36. The zero-order valence-electron chi connectivity index (χ0n) is 10.9. The van der Waals surface area contributed by atoms with Crippen molar-refractivity contribution < 1.29 is 0 Å². The first kappa shape index (κ1) is 13.7. The third-order valence-corrected chi connectivity index (χ3v) is 2.79. The van der Waals surface area contributed by atoms with Gasteiger partial charge < -0.3 is 0 Å². The van der Waals surface area contributed by atoms with E-state index in [0.29, 0.717) is 6.04 Å². The van der Waals surface area contributed by atoms with Crippen LogP contribution in [0.4, 0.5) is 5.69 Å². The van der Waals surface area contributed by atoms with Gasteiger partial charge in [-0.1, -0.05) is 51.3 Å². The molecule has 0 aliphatic heterocycles. The monoisotopic (exact) mass is 230 g/mol. The van der Waals surface area contributed by atoms with E-state index in [2.05, 4.69) is 29.8 Å². The molecule has 17 heavy (non-hydrogen) atoms. The minimum atomic E-state index is 0.383. The van der Waals surface area contributed by atoms with Crippen LogP contribution in [0.5, 0.6) is 0 Å². The molecule has 0 saturated heterocycles. The fourth-order valence-electron chi connectivity index (χ4n) is 1.66. The molecule has 0 aromatic heterocycles. The molecule has 0 radical (unpaired) electrons. The summed E-state index contributed by atoms with van der Waals surface area (Å²) >= 11 is 0. The minimum absolute atomic E-state index is 0.383. The predicted molar refractivity (Wildman–Crippen MR) is 74.2 cm³/mol. The largest absolute Gasteiger partial charge is 0.222 e. The van der Waals surface area contributed by atoms with Crippen molar-refractivity contribution in [2.75, 3.05) is 0 Å². The average Bonchev–Trinajstić information content (AvgIpc) is 2.38. The molecule has 0 spiro atoms. The summed E-state index contributed by atoms with van der Waals surface area (Å²) in [6.07, 6.45) is 6.04. The van der Waals surface area contributed by atoms with E-state index in [-0.39, 0.29) is 0 Å². The molecule has 2 heteroatoms. The highest BCUT2D eigenvalue weighted by molar-refractivity contribution is 5.52. The van der Waals surface area contributed by atoms with Gasteiger partial charge in [-0.15, -0.1) is 0 Å². The molecule has 0 fully saturated rings. The molecule has 0 aliphatic rings. The van der Waals surface area contributed by atoms with E-state index in [4.69, 9.17) is 0 Å². The number of rotatable bonds is 7. The Balaban J connectivity index is 2.46. The normalized spacial score (nSPS) is 11.6. The summed E-state index contributed by atoms with van der Waals surface area (Å²) in [7, 11) is 0. The Labute approximate surface area is 105 Å². The second-order valence-corrected chi connectivity index (χ2v) is 4.23. The molecular formula is C15H22N2. The van der Waals surface area contributed by atoms with Gasteiger partial charge in [-0.05, 0) is 25.0 Å². The number of nitrogens with zero attached hydrogens (tertiary/aromatic N) is 2. The number of hydrogen-bond donors (Lipinski definition) is 0. The smallest absolute Gasteiger partial charge is 0.0951 e. The third kappa shape index (κ3) is 6.03. The molecule has 0 amide bonds. The van der Waals surface area contributed by atoms with Crippen molar-refractivity contribution >= 4 is 11.7 Å². The Morgan fingerprint density at radius 3 is 2.53 bits per heavy atom. The van der Waals surface area contributed by atoms with Gasteiger partial charge >= 0.3 is 0 Å². The number of hydrogen-bond acceptors (Lipinski definition) is 2. The van der Waals surface area contributed by atoms with Gasteiger partial charge in [-0.25, -0.2) is 4.99 Å². The summed E-state index contributed by atoms with van der Waals surface area (Å²) < 4.78 is 0. The van der Waals surface area contributed by atoms with Crippen LogP contribution in [0.25, 0.3) is 0 Å². The van der Waals surface area contributed by atoms with Crippen molar-refractivity contribution in [3.63, 3.8) is 0 Å². The molecular weight excluding hydrogens is 208 g/mol. The molecule has 2 nitrogen and oxygen atoms in total. The van der Waals surface area contributed by atoms with Crippen LogP contribution in [-0.2, 0) is 0 Å². The first-order valence-corrected chi connectivity index (χ1v) is 6.57. The lowest BCUT2D eigenvalue weighted by Gasteiger charge is -2.06. The summed E-state index contributed by atoms with van der Waals surface area (Å²) in [6.45, 7) is 4.39. The van der Waals surface area contributed by atoms with Gasteiger partial charge in [-0.3, -0.25) is 0 Å². The number of unbranched alkanes of at least 4 members (excludes halogenated alkanes) is 2. The quantitative estimate of drug-likeness (QED) is 0.472. The number of para-hydroxylation sites is 1. The summed E-state index contributed by atoms with van der Waals surface area (Å²) in [6, 6.07) is 13.1. The molecule has 0 aliphatic carbocycles. The Hall–Kier alpha value is -1.40. The van der Waals surface area contributed by atoms with E-state index in [9.17, 15) is 0 Å². The second-order valence-electron chi connectivity index (χ2n) is 4.23. The van der Waals surface area contributed by atoms with E-state index in [1.807, 2.05) is 30.3 Å². The van der Waals surface area contributed by atoms with Gasteiger partial charge in [-0.2, -0.15) is 4.99 Å². The van der Waals surface area contributed by atoms with E-state index in [0.717, 1.165) is 18.5 Å². The maximum Gasteiger partial charge on any atom is 0.0951 e. The van der Waals surface area contributed by atoms with Crippen LogP contribution in [0, 0.1) is 0 Å². The minimum Gasteiger partial charge on any atom is -0.222 e. The van der Waals surface area contributed by atoms with Crippen LogP contribution in [0.15, 0.2) is 40.3 Å². The molecule has 1 aromatic carbocycles. The van der Waals surface area contributed by atoms with Crippen LogP contribution in [0.3, 0.4) is 0 Å². The standard InChI is InChI=1S/C15H22N2/c1-3-5-7-10-14(4-2)16-13-17-15-11-8-6-9-12-15/h6,8-9,11-12,14H,3-5,7,10H2,1-2H3. The Morgan fingerprint density at radius 1 is 1.12 bits per heavy atom. The highest BCUT2D eigenvalue weighted by Crippen LogP contribution is 2.10. The van der Waals surface area contributed by atoms with Crippen LogP contribution in [0.1, 0.15) is 46.0 Å². The Kier molecular flexibility index (Phi) is 7.01. The molecule has 0 N–H and O–H groups in total. The highest BCUT2D eigenvalue weighted by Gasteiger charge is 2.01. The van der Waals surface area contributed by atoms with Crippen molar-refractivity contribution in [3.05, 3.63) is 30.3 Å². The van der Waals surface area contributed by atoms with Gasteiger partial charge in [0, 0.05) is 0 Å². The highest BCUT2D eigenvalue weighted by atomic mass is 14.8. The lowest BCUT2D eigenvalue weighted by molar-refractivity contribution is 0.551. The number of benzene rings is 1. The Morgan fingerprint density at radius 2 is 1.88 bits per heavy atom. The van der Waals surface area contributed by atoms with Gasteiger partial charge in [0.05, 0.1) is 17.7 Å². The lowest BCUT2D eigenvalue weighted by atomic mass is 10.1.